The summed E-state index contributed by atoms with van der Waals surface area (Å²) in [4.78, 5) is 11.3. The Morgan fingerprint density at radius 1 is 1.13 bits per heavy atom. The molecule has 0 saturated heterocycles. The van der Waals surface area contributed by atoms with Gasteiger partial charge >= 0.3 is 6.18 Å². The van der Waals surface area contributed by atoms with E-state index in [-0.39, 0.29) is 17.4 Å². The minimum Gasteiger partial charge on any atom is -0.365 e. The monoisotopic (exact) mass is 542 g/mol. The number of H-pyrrole nitrogens is 1. The molecule has 1 aliphatic rings. The standard InChI is InChI=1S/C26H25F3N6O2S/c1-38(36,37)19-4-2-3-16(11-19)13-32-24-22(26(27,28)29)15-33-25(35-24)34-18-5-6-23-20(12-18)21(14-31-23)17-7-9-30-10-8-17/h2-7,11-12,14-15,30-31H,8-10,13H2,1H3,(H2,32,33,34,35). The van der Waals surface area contributed by atoms with Crippen LogP contribution in [0, 0.1) is 0 Å². The molecule has 0 atom stereocenters. The van der Waals surface area contributed by atoms with Crippen molar-refractivity contribution in [1.82, 2.24) is 20.3 Å². The van der Waals surface area contributed by atoms with Gasteiger partial charge in [-0.1, -0.05) is 18.2 Å². The Labute approximate surface area is 217 Å². The van der Waals surface area contributed by atoms with Crippen LogP contribution in [0.3, 0.4) is 0 Å². The van der Waals surface area contributed by atoms with E-state index < -0.39 is 27.4 Å². The number of aromatic amines is 1. The Kier molecular flexibility index (Phi) is 6.84. The molecule has 0 radical (unpaired) electrons. The lowest BCUT2D eigenvalue weighted by Gasteiger charge is -2.15. The Morgan fingerprint density at radius 2 is 1.97 bits per heavy atom. The molecule has 0 amide bonds. The number of hydrogen-bond donors (Lipinski definition) is 4. The van der Waals surface area contributed by atoms with Gasteiger partial charge in [-0.15, -0.1) is 0 Å². The first-order valence-electron chi connectivity index (χ1n) is 11.8. The van der Waals surface area contributed by atoms with Gasteiger partial charge in [-0.05, 0) is 54.4 Å². The molecular formula is C26H25F3N6O2S. The first kappa shape index (κ1) is 25.7. The Balaban J connectivity index is 1.42. The highest BCUT2D eigenvalue weighted by Gasteiger charge is 2.35. The molecule has 0 saturated carbocycles. The van der Waals surface area contributed by atoms with Crippen LogP contribution in [-0.2, 0) is 22.6 Å². The smallest absolute Gasteiger partial charge is 0.365 e. The quantitative estimate of drug-likeness (QED) is 0.257. The lowest BCUT2D eigenvalue weighted by atomic mass is 9.99. The van der Waals surface area contributed by atoms with Crippen LogP contribution >= 0.6 is 0 Å². The summed E-state index contributed by atoms with van der Waals surface area (Å²) in [7, 11) is -3.46. The van der Waals surface area contributed by atoms with Gasteiger partial charge in [0, 0.05) is 53.9 Å². The van der Waals surface area contributed by atoms with Gasteiger partial charge in [0.1, 0.15) is 11.4 Å². The first-order chi connectivity index (χ1) is 18.1. The maximum absolute atomic E-state index is 13.7. The van der Waals surface area contributed by atoms with E-state index >= 15 is 0 Å². The highest BCUT2D eigenvalue weighted by molar-refractivity contribution is 7.90. The minimum absolute atomic E-state index is 0.0112. The number of alkyl halides is 3. The van der Waals surface area contributed by atoms with Crippen LogP contribution in [0.1, 0.15) is 23.1 Å². The second-order valence-corrected chi connectivity index (χ2v) is 11.0. The van der Waals surface area contributed by atoms with Crippen LogP contribution in [0.4, 0.5) is 30.6 Å². The van der Waals surface area contributed by atoms with Crippen molar-refractivity contribution in [2.75, 3.05) is 30.0 Å². The molecule has 5 rings (SSSR count). The van der Waals surface area contributed by atoms with Crippen LogP contribution in [0.15, 0.2) is 65.8 Å². The molecule has 38 heavy (non-hydrogen) atoms. The normalized spacial score (nSPS) is 14.4. The van der Waals surface area contributed by atoms with Crippen molar-refractivity contribution in [3.05, 3.63) is 77.6 Å². The van der Waals surface area contributed by atoms with Gasteiger partial charge in [0.15, 0.2) is 9.84 Å². The highest BCUT2D eigenvalue weighted by atomic mass is 32.2. The number of nitrogens with zero attached hydrogens (tertiary/aromatic N) is 2. The average molecular weight is 543 g/mol. The van der Waals surface area contributed by atoms with Crippen molar-refractivity contribution in [3.63, 3.8) is 0 Å². The van der Waals surface area contributed by atoms with E-state index in [1.807, 2.05) is 18.3 Å². The maximum atomic E-state index is 13.7. The number of sulfone groups is 1. The number of hydrogen-bond acceptors (Lipinski definition) is 7. The molecular weight excluding hydrogens is 517 g/mol. The van der Waals surface area contributed by atoms with Gasteiger partial charge in [-0.25, -0.2) is 13.4 Å². The third-order valence-corrected chi connectivity index (χ3v) is 7.34. The molecule has 0 aliphatic carbocycles. The second-order valence-electron chi connectivity index (χ2n) is 9.00. The number of benzene rings is 2. The predicted molar refractivity (Wildman–Crippen MR) is 141 cm³/mol. The minimum atomic E-state index is -4.68. The molecule has 12 heteroatoms. The predicted octanol–water partition coefficient (Wildman–Crippen LogP) is 5.11. The third-order valence-electron chi connectivity index (χ3n) is 6.23. The van der Waals surface area contributed by atoms with Gasteiger partial charge < -0.3 is 20.9 Å². The topological polar surface area (TPSA) is 112 Å². The molecule has 0 bridgehead atoms. The number of fused-ring (bicyclic) bond motifs is 1. The van der Waals surface area contributed by atoms with E-state index in [9.17, 15) is 21.6 Å². The van der Waals surface area contributed by atoms with Crippen LogP contribution < -0.4 is 16.0 Å². The highest BCUT2D eigenvalue weighted by Crippen LogP contribution is 2.35. The van der Waals surface area contributed by atoms with Gasteiger partial charge in [0.2, 0.25) is 5.95 Å². The summed E-state index contributed by atoms with van der Waals surface area (Å²) in [5, 5.41) is 9.98. The molecule has 4 N–H and O–H groups in total. The summed E-state index contributed by atoms with van der Waals surface area (Å²) in [6, 6.07) is 11.6. The van der Waals surface area contributed by atoms with Crippen molar-refractivity contribution in [2.24, 2.45) is 0 Å². The summed E-state index contributed by atoms with van der Waals surface area (Å²) < 4.78 is 64.7. The van der Waals surface area contributed by atoms with E-state index in [1.165, 1.54) is 23.8 Å². The zero-order valence-corrected chi connectivity index (χ0v) is 21.2. The zero-order valence-electron chi connectivity index (χ0n) is 20.4. The van der Waals surface area contributed by atoms with Gasteiger partial charge in [0.25, 0.3) is 0 Å². The number of nitrogens with one attached hydrogen (secondary N) is 4. The average Bonchev–Trinajstić information content (AvgIpc) is 3.30. The summed E-state index contributed by atoms with van der Waals surface area (Å²) in [6.45, 7) is 1.63. The van der Waals surface area contributed by atoms with Crippen molar-refractivity contribution in [1.29, 1.82) is 0 Å². The second kappa shape index (κ2) is 10.1. The molecule has 2 aromatic carbocycles. The Bertz CT molecular complexity index is 1630. The summed E-state index contributed by atoms with van der Waals surface area (Å²) >= 11 is 0. The van der Waals surface area contributed by atoms with E-state index in [2.05, 4.69) is 37.0 Å². The largest absolute Gasteiger partial charge is 0.421 e. The Morgan fingerprint density at radius 3 is 2.71 bits per heavy atom. The van der Waals surface area contributed by atoms with Crippen molar-refractivity contribution in [2.45, 2.75) is 24.0 Å². The number of halogens is 3. The lowest BCUT2D eigenvalue weighted by Crippen LogP contribution is -2.19. The fourth-order valence-corrected chi connectivity index (χ4v) is 5.01. The Hall–Kier alpha value is -3.90. The van der Waals surface area contributed by atoms with E-state index in [4.69, 9.17) is 0 Å². The molecule has 2 aromatic heterocycles. The molecule has 0 fully saturated rings. The molecule has 198 valence electrons. The fraction of sp³-hybridized carbons (Fsp3) is 0.231. The molecule has 3 heterocycles. The van der Waals surface area contributed by atoms with Gasteiger partial charge in [-0.2, -0.15) is 18.2 Å². The van der Waals surface area contributed by atoms with Crippen LogP contribution in [0.5, 0.6) is 0 Å². The number of anilines is 3. The molecule has 0 spiro atoms. The molecule has 0 unspecified atom stereocenters. The number of aromatic nitrogens is 3. The van der Waals surface area contributed by atoms with Crippen LogP contribution in [-0.4, -0.2) is 42.7 Å². The first-order valence-corrected chi connectivity index (χ1v) is 13.7. The maximum Gasteiger partial charge on any atom is 0.421 e. The van der Waals surface area contributed by atoms with Crippen molar-refractivity contribution < 1.29 is 21.6 Å². The van der Waals surface area contributed by atoms with E-state index in [0.29, 0.717) is 11.3 Å². The summed E-state index contributed by atoms with van der Waals surface area (Å²) in [5.41, 5.74) is 3.34. The molecule has 8 nitrogen and oxygen atoms in total. The SMILES string of the molecule is CS(=O)(=O)c1cccc(CNc2nc(Nc3ccc4[nH]cc(C5=CCNCC5)c4c3)ncc2C(F)(F)F)c1. The molecule has 1 aliphatic heterocycles. The number of rotatable bonds is 7. The van der Waals surface area contributed by atoms with E-state index in [0.717, 1.165) is 48.4 Å². The van der Waals surface area contributed by atoms with Gasteiger partial charge in [0.05, 0.1) is 4.90 Å². The van der Waals surface area contributed by atoms with Crippen molar-refractivity contribution in [3.8, 4) is 0 Å². The van der Waals surface area contributed by atoms with E-state index in [1.54, 1.807) is 12.1 Å². The third kappa shape index (κ3) is 5.65. The van der Waals surface area contributed by atoms with Crippen molar-refractivity contribution >= 4 is 43.8 Å². The van der Waals surface area contributed by atoms with Crippen LogP contribution in [0.2, 0.25) is 0 Å². The lowest BCUT2D eigenvalue weighted by molar-refractivity contribution is -0.137. The van der Waals surface area contributed by atoms with Gasteiger partial charge in [-0.3, -0.25) is 0 Å². The zero-order chi connectivity index (χ0) is 26.9. The molecule has 4 aromatic rings. The van der Waals surface area contributed by atoms with Crippen LogP contribution in [0.25, 0.3) is 16.5 Å². The summed E-state index contributed by atoms with van der Waals surface area (Å²) in [5.74, 6) is -0.425. The fourth-order valence-electron chi connectivity index (χ4n) is 4.32. The summed E-state index contributed by atoms with van der Waals surface area (Å²) in [6.07, 6.45) is 2.12.